The minimum Gasteiger partial charge on any atom is -0.399 e. The molecule has 0 bridgehead atoms. The molecule has 1 fully saturated rings. The highest BCUT2D eigenvalue weighted by atomic mass is 79.9. The third-order valence-corrected chi connectivity index (χ3v) is 7.82. The fourth-order valence-corrected chi connectivity index (χ4v) is 5.45. The van der Waals surface area contributed by atoms with Gasteiger partial charge >= 0.3 is 7.12 Å². The maximum absolute atomic E-state index is 6.31. The molecule has 0 aliphatic carbocycles. The lowest BCUT2D eigenvalue weighted by Gasteiger charge is -2.32. The molecule has 0 atom stereocenters. The molecule has 0 N–H and O–H groups in total. The van der Waals surface area contributed by atoms with Crippen LogP contribution in [0.4, 0.5) is 0 Å². The molecule has 6 heteroatoms. The van der Waals surface area contributed by atoms with Crippen LogP contribution in [0.25, 0.3) is 38.1 Å². The molecule has 0 radical (unpaired) electrons. The molecule has 0 amide bonds. The highest BCUT2D eigenvalue weighted by Gasteiger charge is 2.51. The number of nitrogens with zero attached hydrogens (tertiary/aromatic N) is 1. The van der Waals surface area contributed by atoms with Crippen molar-refractivity contribution in [1.29, 1.82) is 0 Å². The van der Waals surface area contributed by atoms with Gasteiger partial charge in [-0.15, -0.1) is 0 Å². The van der Waals surface area contributed by atoms with E-state index in [1.165, 1.54) is 38.1 Å². The van der Waals surface area contributed by atoms with Crippen LogP contribution in [0.15, 0.2) is 57.5 Å². The summed E-state index contributed by atoms with van der Waals surface area (Å²) in [5.41, 5.74) is 4.02. The zero-order valence-electron chi connectivity index (χ0n) is 17.2. The summed E-state index contributed by atoms with van der Waals surface area (Å²) in [7, 11) is -0.365. The standard InChI is InChI=1S/C24H20BBr2NO2/c1-23(2)24(3,4)30-25(29-23)13-5-7-20-16(9-13)18-11-15(27)12-19-17-10-14(26)6-8-21(17)28(20)22(18)19/h5-12H,1-4H3. The smallest absolute Gasteiger partial charge is 0.399 e. The Bertz CT molecular complexity index is 1470. The number of benzene rings is 3. The molecule has 1 aliphatic heterocycles. The fraction of sp³-hybridized carbons (Fsp3) is 0.250. The summed E-state index contributed by atoms with van der Waals surface area (Å²) in [6.07, 6.45) is 0. The minimum atomic E-state index is -0.365. The molecule has 1 aliphatic rings. The normalized spacial score (nSPS) is 18.5. The summed E-state index contributed by atoms with van der Waals surface area (Å²) in [5, 5.41) is 4.96. The molecule has 150 valence electrons. The maximum Gasteiger partial charge on any atom is 0.494 e. The van der Waals surface area contributed by atoms with Gasteiger partial charge in [0.2, 0.25) is 0 Å². The first kappa shape index (κ1) is 19.1. The minimum absolute atomic E-state index is 0.353. The molecule has 2 aromatic heterocycles. The van der Waals surface area contributed by atoms with Gasteiger partial charge in [-0.2, -0.15) is 0 Å². The van der Waals surface area contributed by atoms with Crippen molar-refractivity contribution in [3.8, 4) is 0 Å². The highest BCUT2D eigenvalue weighted by Crippen LogP contribution is 2.42. The van der Waals surface area contributed by atoms with Gasteiger partial charge in [-0.3, -0.25) is 0 Å². The van der Waals surface area contributed by atoms with Gasteiger partial charge in [0.05, 0.1) is 27.8 Å². The van der Waals surface area contributed by atoms with Gasteiger partial charge in [-0.05, 0) is 69.6 Å². The molecule has 3 heterocycles. The van der Waals surface area contributed by atoms with Crippen LogP contribution in [0, 0.1) is 0 Å². The lowest BCUT2D eigenvalue weighted by atomic mass is 9.78. The summed E-state index contributed by atoms with van der Waals surface area (Å²) in [5.74, 6) is 0. The Balaban J connectivity index is 1.66. The van der Waals surface area contributed by atoms with Gasteiger partial charge in [0, 0.05) is 30.5 Å². The summed E-state index contributed by atoms with van der Waals surface area (Å²) in [6.45, 7) is 8.37. The van der Waals surface area contributed by atoms with E-state index in [0.29, 0.717) is 0 Å². The topological polar surface area (TPSA) is 22.9 Å². The van der Waals surface area contributed by atoms with E-state index in [1.807, 2.05) is 0 Å². The molecule has 30 heavy (non-hydrogen) atoms. The van der Waals surface area contributed by atoms with Gasteiger partial charge in [0.15, 0.2) is 0 Å². The van der Waals surface area contributed by atoms with E-state index in [0.717, 1.165) is 14.4 Å². The number of fused-ring (bicyclic) bond motifs is 6. The van der Waals surface area contributed by atoms with Crippen LogP contribution in [0.5, 0.6) is 0 Å². The second-order valence-corrected chi connectivity index (χ2v) is 11.0. The van der Waals surface area contributed by atoms with E-state index in [9.17, 15) is 0 Å². The molecular formula is C24H20BBr2NO2. The summed E-state index contributed by atoms with van der Waals surface area (Å²) in [6, 6.07) is 17.5. The molecule has 0 saturated carbocycles. The number of hydrogen-bond acceptors (Lipinski definition) is 2. The monoisotopic (exact) mass is 523 g/mol. The lowest BCUT2D eigenvalue weighted by molar-refractivity contribution is 0.00578. The number of rotatable bonds is 1. The third-order valence-electron chi connectivity index (χ3n) is 6.87. The predicted molar refractivity (Wildman–Crippen MR) is 132 cm³/mol. The third kappa shape index (κ3) is 2.45. The molecule has 0 unspecified atom stereocenters. The fourth-order valence-electron chi connectivity index (χ4n) is 4.63. The van der Waals surface area contributed by atoms with Crippen molar-refractivity contribution in [3.05, 3.63) is 57.5 Å². The zero-order chi connectivity index (χ0) is 21.0. The van der Waals surface area contributed by atoms with Gasteiger partial charge in [-0.1, -0.05) is 44.0 Å². The predicted octanol–water partition coefficient (Wildman–Crippen LogP) is 6.66. The zero-order valence-corrected chi connectivity index (χ0v) is 20.4. The second-order valence-electron chi connectivity index (χ2n) is 9.21. The first-order chi connectivity index (χ1) is 14.2. The van der Waals surface area contributed by atoms with Crippen LogP contribution in [0.3, 0.4) is 0 Å². The molecule has 3 nitrogen and oxygen atoms in total. The Morgan fingerprint density at radius 2 is 1.23 bits per heavy atom. The Morgan fingerprint density at radius 1 is 0.700 bits per heavy atom. The average molecular weight is 525 g/mol. The Hall–Kier alpha value is -1.60. The van der Waals surface area contributed by atoms with Gasteiger partial charge in [-0.25, -0.2) is 0 Å². The van der Waals surface area contributed by atoms with Crippen LogP contribution in [-0.4, -0.2) is 22.7 Å². The van der Waals surface area contributed by atoms with Crippen molar-refractivity contribution in [1.82, 2.24) is 4.40 Å². The quantitative estimate of drug-likeness (QED) is 0.229. The second kappa shape index (κ2) is 6.01. The van der Waals surface area contributed by atoms with Gasteiger partial charge in [0.1, 0.15) is 0 Å². The van der Waals surface area contributed by atoms with Crippen LogP contribution in [0.2, 0.25) is 0 Å². The van der Waals surface area contributed by atoms with Gasteiger partial charge in [0.25, 0.3) is 0 Å². The van der Waals surface area contributed by atoms with Crippen molar-refractivity contribution in [3.63, 3.8) is 0 Å². The molecule has 1 saturated heterocycles. The van der Waals surface area contributed by atoms with Gasteiger partial charge < -0.3 is 13.7 Å². The van der Waals surface area contributed by atoms with E-state index in [2.05, 4.69) is 112 Å². The molecule has 3 aromatic carbocycles. The largest absolute Gasteiger partial charge is 0.494 e. The van der Waals surface area contributed by atoms with Crippen molar-refractivity contribution >= 4 is 82.5 Å². The molecule has 0 spiro atoms. The summed E-state index contributed by atoms with van der Waals surface area (Å²) >= 11 is 7.36. The van der Waals surface area contributed by atoms with E-state index in [-0.39, 0.29) is 18.3 Å². The first-order valence-electron chi connectivity index (χ1n) is 10.1. The average Bonchev–Trinajstić information content (AvgIpc) is 3.24. The number of hydrogen-bond donors (Lipinski definition) is 0. The Labute approximate surface area is 192 Å². The first-order valence-corrected chi connectivity index (χ1v) is 11.7. The summed E-state index contributed by atoms with van der Waals surface area (Å²) in [4.78, 5) is 0. The van der Waals surface area contributed by atoms with E-state index in [1.54, 1.807) is 0 Å². The van der Waals surface area contributed by atoms with Crippen LogP contribution in [0.1, 0.15) is 27.7 Å². The molecule has 5 aromatic rings. The number of halogens is 2. The van der Waals surface area contributed by atoms with Crippen LogP contribution < -0.4 is 5.46 Å². The molecular weight excluding hydrogens is 505 g/mol. The Morgan fingerprint density at radius 3 is 1.87 bits per heavy atom. The SMILES string of the molecule is CC1(C)OB(c2ccc3c(c2)c2cc(Br)cc4c5cc(Br)ccc5n3c42)OC1(C)C. The van der Waals surface area contributed by atoms with Crippen molar-refractivity contribution < 1.29 is 9.31 Å². The van der Waals surface area contributed by atoms with Crippen LogP contribution >= 0.6 is 31.9 Å². The van der Waals surface area contributed by atoms with Crippen molar-refractivity contribution in [2.24, 2.45) is 0 Å². The van der Waals surface area contributed by atoms with Crippen LogP contribution in [-0.2, 0) is 9.31 Å². The highest BCUT2D eigenvalue weighted by molar-refractivity contribution is 9.10. The molecule has 6 rings (SSSR count). The maximum atomic E-state index is 6.31. The summed E-state index contributed by atoms with van der Waals surface area (Å²) < 4.78 is 17.2. The lowest BCUT2D eigenvalue weighted by Crippen LogP contribution is -2.41. The van der Waals surface area contributed by atoms with Crippen molar-refractivity contribution in [2.75, 3.05) is 0 Å². The van der Waals surface area contributed by atoms with E-state index < -0.39 is 0 Å². The van der Waals surface area contributed by atoms with E-state index in [4.69, 9.17) is 9.31 Å². The van der Waals surface area contributed by atoms with E-state index >= 15 is 0 Å². The van der Waals surface area contributed by atoms with Crippen molar-refractivity contribution in [2.45, 2.75) is 38.9 Å². The number of aromatic nitrogens is 1. The Kier molecular flexibility index (Phi) is 3.83.